The summed E-state index contributed by atoms with van der Waals surface area (Å²) in [7, 11) is 0. The molecule has 5 nitrogen and oxygen atoms in total. The van der Waals surface area contributed by atoms with Crippen molar-refractivity contribution in [1.29, 1.82) is 0 Å². The van der Waals surface area contributed by atoms with Gasteiger partial charge in [0, 0.05) is 6.54 Å². The Bertz CT molecular complexity index is 220. The Hall–Kier alpha value is -0.520. The third-order valence-electron chi connectivity index (χ3n) is 1.98. The lowest BCUT2D eigenvalue weighted by Crippen LogP contribution is -2.36. The van der Waals surface area contributed by atoms with Crippen LogP contribution in [0.5, 0.6) is 0 Å². The highest BCUT2D eigenvalue weighted by molar-refractivity contribution is 5.85. The lowest BCUT2D eigenvalue weighted by molar-refractivity contribution is 0.0270. The van der Waals surface area contributed by atoms with Gasteiger partial charge in [-0.3, -0.25) is 0 Å². The van der Waals surface area contributed by atoms with E-state index in [0.717, 1.165) is 0 Å². The summed E-state index contributed by atoms with van der Waals surface area (Å²) in [5, 5.41) is 9.34. The highest BCUT2D eigenvalue weighted by atomic mass is 35.5. The molecule has 15 heavy (non-hydrogen) atoms. The average Bonchev–Trinajstić information content (AvgIpc) is 2.28. The smallest absolute Gasteiger partial charge is 0.410 e. The number of carbonyl (C=O) groups excluding carboxylic acids is 1. The molecule has 1 saturated heterocycles. The van der Waals surface area contributed by atoms with Gasteiger partial charge in [0.1, 0.15) is 5.60 Å². The maximum Gasteiger partial charge on any atom is 0.410 e. The Kier molecular flexibility index (Phi) is 4.83. The lowest BCUT2D eigenvalue weighted by Gasteiger charge is -2.24. The Morgan fingerprint density at radius 1 is 1.47 bits per heavy atom. The zero-order chi connectivity index (χ0) is 10.9. The molecular weight excluding hydrogens is 220 g/mol. The number of rotatable bonds is 0. The van der Waals surface area contributed by atoms with E-state index in [0.29, 0.717) is 6.54 Å². The van der Waals surface area contributed by atoms with Crippen molar-refractivity contribution < 1.29 is 14.6 Å². The van der Waals surface area contributed by atoms with Crippen LogP contribution in [0.4, 0.5) is 4.79 Å². The van der Waals surface area contributed by atoms with Crippen molar-refractivity contribution in [3.63, 3.8) is 0 Å². The summed E-state index contributed by atoms with van der Waals surface area (Å²) in [5.41, 5.74) is 5.07. The highest BCUT2D eigenvalue weighted by Gasteiger charge is 2.33. The maximum atomic E-state index is 11.5. The van der Waals surface area contributed by atoms with E-state index in [2.05, 4.69) is 0 Å². The summed E-state index contributed by atoms with van der Waals surface area (Å²) >= 11 is 0. The van der Waals surface area contributed by atoms with Crippen molar-refractivity contribution in [2.24, 2.45) is 5.73 Å². The highest BCUT2D eigenvalue weighted by Crippen LogP contribution is 2.14. The van der Waals surface area contributed by atoms with E-state index in [9.17, 15) is 9.90 Å². The normalized spacial score (nSPS) is 26.1. The number of halogens is 1. The summed E-state index contributed by atoms with van der Waals surface area (Å²) in [6, 6.07) is -0.359. The first-order valence-corrected chi connectivity index (χ1v) is 4.71. The molecule has 1 fully saturated rings. The molecule has 1 amide bonds. The number of hydrogen-bond acceptors (Lipinski definition) is 4. The quantitative estimate of drug-likeness (QED) is 0.639. The van der Waals surface area contributed by atoms with Gasteiger partial charge in [-0.15, -0.1) is 12.4 Å². The number of aliphatic hydroxyl groups excluding tert-OH is 1. The van der Waals surface area contributed by atoms with Crippen molar-refractivity contribution in [1.82, 2.24) is 4.90 Å². The van der Waals surface area contributed by atoms with E-state index in [1.165, 1.54) is 4.90 Å². The summed E-state index contributed by atoms with van der Waals surface area (Å²) in [5.74, 6) is 0. The minimum atomic E-state index is -0.637. The summed E-state index contributed by atoms with van der Waals surface area (Å²) in [6.45, 7) is 6.03. The van der Waals surface area contributed by atoms with E-state index in [4.69, 9.17) is 10.5 Å². The predicted octanol–water partition coefficient (Wildman–Crippen LogP) is 0.347. The number of amides is 1. The van der Waals surface area contributed by atoms with Gasteiger partial charge < -0.3 is 20.5 Å². The standard InChI is InChI=1S/C9H18N2O3.ClH/c1-9(2,3)14-8(13)11-4-6(10)7(12)5-11;/h6-7,12H,4-5,10H2,1-3H3;1H/t6-,7-;/m1./s1. The number of nitrogens with zero attached hydrogens (tertiary/aromatic N) is 1. The molecule has 1 rings (SSSR count). The first-order valence-electron chi connectivity index (χ1n) is 4.71. The zero-order valence-corrected chi connectivity index (χ0v) is 10.1. The van der Waals surface area contributed by atoms with E-state index in [1.807, 2.05) is 0 Å². The van der Waals surface area contributed by atoms with Crippen LogP contribution in [0.1, 0.15) is 20.8 Å². The third kappa shape index (κ3) is 4.24. The van der Waals surface area contributed by atoms with E-state index >= 15 is 0 Å². The molecule has 0 unspecified atom stereocenters. The second-order valence-corrected chi connectivity index (χ2v) is 4.62. The number of hydrogen-bond donors (Lipinski definition) is 2. The third-order valence-corrected chi connectivity index (χ3v) is 1.98. The molecule has 2 atom stereocenters. The zero-order valence-electron chi connectivity index (χ0n) is 9.27. The molecule has 6 heteroatoms. The van der Waals surface area contributed by atoms with Gasteiger partial charge >= 0.3 is 6.09 Å². The number of aliphatic hydroxyl groups is 1. The molecule has 0 aliphatic carbocycles. The second kappa shape index (κ2) is 5.01. The molecule has 1 heterocycles. The van der Waals surface area contributed by atoms with Crippen LogP contribution in [0, 0.1) is 0 Å². The molecule has 0 aromatic carbocycles. The average molecular weight is 239 g/mol. The van der Waals surface area contributed by atoms with Gasteiger partial charge in [0.2, 0.25) is 0 Å². The summed E-state index contributed by atoms with van der Waals surface area (Å²) in [4.78, 5) is 12.9. The summed E-state index contributed by atoms with van der Waals surface area (Å²) < 4.78 is 5.14. The molecular formula is C9H19ClN2O3. The van der Waals surface area contributed by atoms with Crippen LogP contribution < -0.4 is 5.73 Å². The molecule has 0 saturated carbocycles. The van der Waals surface area contributed by atoms with E-state index < -0.39 is 17.8 Å². The van der Waals surface area contributed by atoms with E-state index in [-0.39, 0.29) is 25.0 Å². The summed E-state index contributed by atoms with van der Waals surface area (Å²) in [6.07, 6.45) is -1.05. The van der Waals surface area contributed by atoms with E-state index in [1.54, 1.807) is 20.8 Å². The second-order valence-electron chi connectivity index (χ2n) is 4.62. The van der Waals surface area contributed by atoms with Gasteiger partial charge in [-0.05, 0) is 20.8 Å². The number of ether oxygens (including phenoxy) is 1. The molecule has 3 N–H and O–H groups in total. The minimum absolute atomic E-state index is 0. The van der Waals surface area contributed by atoms with Gasteiger partial charge in [-0.1, -0.05) is 0 Å². The van der Waals surface area contributed by atoms with Crippen molar-refractivity contribution >= 4 is 18.5 Å². The number of nitrogens with two attached hydrogens (primary N) is 1. The Labute approximate surface area is 96.0 Å². The van der Waals surface area contributed by atoms with Crippen LogP contribution in [0.15, 0.2) is 0 Å². The van der Waals surface area contributed by atoms with Crippen LogP contribution in [-0.4, -0.2) is 46.9 Å². The largest absolute Gasteiger partial charge is 0.444 e. The van der Waals surface area contributed by atoms with Crippen LogP contribution in [0.2, 0.25) is 0 Å². The molecule has 0 aromatic heterocycles. The van der Waals surface area contributed by atoms with Crippen LogP contribution in [0.25, 0.3) is 0 Å². The van der Waals surface area contributed by atoms with Crippen molar-refractivity contribution in [3.05, 3.63) is 0 Å². The first-order chi connectivity index (χ1) is 6.29. The molecule has 0 bridgehead atoms. The fourth-order valence-corrected chi connectivity index (χ4v) is 1.29. The van der Waals surface area contributed by atoms with Crippen molar-refractivity contribution in [2.75, 3.05) is 13.1 Å². The lowest BCUT2D eigenvalue weighted by atomic mass is 10.2. The fourth-order valence-electron chi connectivity index (χ4n) is 1.29. The molecule has 0 spiro atoms. The van der Waals surface area contributed by atoms with Gasteiger partial charge in [0.25, 0.3) is 0 Å². The van der Waals surface area contributed by atoms with Crippen LogP contribution >= 0.6 is 12.4 Å². The maximum absolute atomic E-state index is 11.5. The Morgan fingerprint density at radius 2 is 2.00 bits per heavy atom. The molecule has 0 radical (unpaired) electrons. The Balaban J connectivity index is 0.00000196. The molecule has 1 aliphatic rings. The minimum Gasteiger partial charge on any atom is -0.444 e. The first kappa shape index (κ1) is 14.5. The van der Waals surface area contributed by atoms with Gasteiger partial charge in [-0.2, -0.15) is 0 Å². The number of β-amino-alcohol motifs (C(OH)–C–C–N with tert-alkyl or cyclic N) is 1. The molecule has 1 aliphatic heterocycles. The number of carbonyl (C=O) groups is 1. The van der Waals surface area contributed by atoms with Gasteiger partial charge in [0.15, 0.2) is 0 Å². The van der Waals surface area contributed by atoms with Gasteiger partial charge in [-0.25, -0.2) is 4.79 Å². The number of likely N-dealkylation sites (tertiary alicyclic amines) is 1. The molecule has 0 aromatic rings. The van der Waals surface area contributed by atoms with Crippen molar-refractivity contribution in [2.45, 2.75) is 38.5 Å². The Morgan fingerprint density at radius 3 is 2.33 bits per heavy atom. The fraction of sp³-hybridized carbons (Fsp3) is 0.889. The van der Waals surface area contributed by atoms with Gasteiger partial charge in [0.05, 0.1) is 18.7 Å². The predicted molar refractivity (Wildman–Crippen MR) is 59.0 cm³/mol. The topological polar surface area (TPSA) is 75.8 Å². The SMILES string of the molecule is CC(C)(C)OC(=O)N1C[C@@H](N)[C@H](O)C1.Cl. The monoisotopic (exact) mass is 238 g/mol. The van der Waals surface area contributed by atoms with Crippen LogP contribution in [-0.2, 0) is 4.74 Å². The van der Waals surface area contributed by atoms with Crippen LogP contribution in [0.3, 0.4) is 0 Å². The molecule has 90 valence electrons. The van der Waals surface area contributed by atoms with Crippen molar-refractivity contribution in [3.8, 4) is 0 Å².